The zero-order chi connectivity index (χ0) is 10.7. The van der Waals surface area contributed by atoms with Crippen molar-refractivity contribution in [3.63, 3.8) is 0 Å². The van der Waals surface area contributed by atoms with Crippen molar-refractivity contribution in [3.05, 3.63) is 52.8 Å². The first kappa shape index (κ1) is 10.1. The summed E-state index contributed by atoms with van der Waals surface area (Å²) in [4.78, 5) is 14.6. The van der Waals surface area contributed by atoms with Gasteiger partial charge in [0.25, 0.3) is 5.56 Å². The summed E-state index contributed by atoms with van der Waals surface area (Å²) in [6.07, 6.45) is 1.94. The average molecular weight is 217 g/mol. The quantitative estimate of drug-likeness (QED) is 0.785. The lowest BCUT2D eigenvalue weighted by Crippen LogP contribution is -2.08. The van der Waals surface area contributed by atoms with Crippen molar-refractivity contribution in [1.82, 2.24) is 4.98 Å². The van der Waals surface area contributed by atoms with E-state index in [0.717, 1.165) is 10.6 Å². The number of H-pyrrole nitrogens is 1. The molecule has 0 unspecified atom stereocenters. The second-order valence-electron chi connectivity index (χ2n) is 3.14. The molecule has 2 rings (SSSR count). The molecule has 0 aliphatic rings. The van der Waals surface area contributed by atoms with E-state index in [1.807, 2.05) is 48.7 Å². The van der Waals surface area contributed by atoms with Crippen LogP contribution in [-0.2, 0) is 0 Å². The fourth-order valence-electron chi connectivity index (χ4n) is 1.42. The molecule has 0 saturated carbocycles. The van der Waals surface area contributed by atoms with Crippen LogP contribution in [0.1, 0.15) is 0 Å². The van der Waals surface area contributed by atoms with Crippen molar-refractivity contribution in [2.75, 3.05) is 6.26 Å². The maximum absolute atomic E-state index is 11.7. The Morgan fingerprint density at radius 3 is 2.40 bits per heavy atom. The van der Waals surface area contributed by atoms with E-state index in [4.69, 9.17) is 0 Å². The highest BCUT2D eigenvalue weighted by atomic mass is 32.2. The molecule has 76 valence electrons. The van der Waals surface area contributed by atoms with Gasteiger partial charge in [-0.25, -0.2) is 0 Å². The van der Waals surface area contributed by atoms with Gasteiger partial charge in [0, 0.05) is 5.56 Å². The molecule has 2 aromatic rings. The first-order valence-corrected chi connectivity index (χ1v) is 5.86. The van der Waals surface area contributed by atoms with E-state index in [-0.39, 0.29) is 5.56 Å². The van der Waals surface area contributed by atoms with Crippen molar-refractivity contribution in [1.29, 1.82) is 0 Å². The lowest BCUT2D eigenvalue weighted by Gasteiger charge is -2.01. The van der Waals surface area contributed by atoms with Gasteiger partial charge in [-0.1, -0.05) is 30.3 Å². The third kappa shape index (κ3) is 2.13. The molecule has 0 aliphatic heterocycles. The Morgan fingerprint density at radius 2 is 1.80 bits per heavy atom. The van der Waals surface area contributed by atoms with Gasteiger partial charge in [0.2, 0.25) is 0 Å². The van der Waals surface area contributed by atoms with Crippen LogP contribution in [0.25, 0.3) is 11.1 Å². The summed E-state index contributed by atoms with van der Waals surface area (Å²) >= 11 is 1.53. The monoisotopic (exact) mass is 217 g/mol. The minimum atomic E-state index is -0.0342. The molecule has 15 heavy (non-hydrogen) atoms. The van der Waals surface area contributed by atoms with Gasteiger partial charge in [0.15, 0.2) is 0 Å². The third-order valence-corrected chi connectivity index (χ3v) is 2.87. The second kappa shape index (κ2) is 4.36. The highest BCUT2D eigenvalue weighted by Gasteiger charge is 2.02. The molecular weight excluding hydrogens is 206 g/mol. The molecule has 3 heteroatoms. The Kier molecular flexibility index (Phi) is 2.92. The molecule has 0 amide bonds. The Bertz CT molecular complexity index is 505. The maximum atomic E-state index is 11.7. The van der Waals surface area contributed by atoms with E-state index >= 15 is 0 Å². The Hall–Kier alpha value is -1.48. The molecule has 0 saturated heterocycles. The highest BCUT2D eigenvalue weighted by Crippen LogP contribution is 2.16. The van der Waals surface area contributed by atoms with Crippen LogP contribution in [-0.4, -0.2) is 11.2 Å². The zero-order valence-corrected chi connectivity index (χ0v) is 9.17. The van der Waals surface area contributed by atoms with E-state index in [9.17, 15) is 4.79 Å². The van der Waals surface area contributed by atoms with Crippen LogP contribution >= 0.6 is 11.8 Å². The van der Waals surface area contributed by atoms with Crippen molar-refractivity contribution >= 4 is 11.8 Å². The summed E-state index contributed by atoms with van der Waals surface area (Å²) in [6, 6.07) is 13.4. The lowest BCUT2D eigenvalue weighted by atomic mass is 10.1. The number of aromatic amines is 1. The first-order chi connectivity index (χ1) is 7.31. The van der Waals surface area contributed by atoms with Crippen molar-refractivity contribution in [2.45, 2.75) is 5.03 Å². The fourth-order valence-corrected chi connectivity index (χ4v) is 1.82. The third-order valence-electron chi connectivity index (χ3n) is 2.19. The maximum Gasteiger partial charge on any atom is 0.256 e. The molecule has 0 spiro atoms. The standard InChI is InChI=1S/C12H11NOS/c1-15-11-8-7-10(12(14)13-11)9-5-3-2-4-6-9/h2-8H,1H3,(H,13,14). The van der Waals surface area contributed by atoms with Crippen LogP contribution in [0.2, 0.25) is 0 Å². The van der Waals surface area contributed by atoms with Crippen LogP contribution in [0.3, 0.4) is 0 Å². The highest BCUT2D eigenvalue weighted by molar-refractivity contribution is 7.98. The molecule has 2 nitrogen and oxygen atoms in total. The number of benzene rings is 1. The molecule has 1 heterocycles. The summed E-state index contributed by atoms with van der Waals surface area (Å²) in [5, 5.41) is 0.889. The van der Waals surface area contributed by atoms with Crippen molar-refractivity contribution in [2.24, 2.45) is 0 Å². The number of hydrogen-bond acceptors (Lipinski definition) is 2. The number of rotatable bonds is 2. The summed E-state index contributed by atoms with van der Waals surface area (Å²) in [6.45, 7) is 0. The van der Waals surface area contributed by atoms with Gasteiger partial charge in [-0.2, -0.15) is 0 Å². The normalized spacial score (nSPS) is 10.2. The lowest BCUT2D eigenvalue weighted by molar-refractivity contribution is 1.09. The van der Waals surface area contributed by atoms with E-state index in [1.54, 1.807) is 0 Å². The van der Waals surface area contributed by atoms with Crippen LogP contribution in [0.5, 0.6) is 0 Å². The molecule has 0 bridgehead atoms. The van der Waals surface area contributed by atoms with Gasteiger partial charge in [0.1, 0.15) is 0 Å². The molecule has 0 atom stereocenters. The van der Waals surface area contributed by atoms with E-state index < -0.39 is 0 Å². The van der Waals surface area contributed by atoms with Gasteiger partial charge in [0.05, 0.1) is 5.03 Å². The van der Waals surface area contributed by atoms with Crippen LogP contribution in [0.15, 0.2) is 52.3 Å². The SMILES string of the molecule is CSc1ccc(-c2ccccc2)c(=O)[nH]1. The molecule has 0 radical (unpaired) electrons. The Balaban J connectivity index is 2.51. The minimum Gasteiger partial charge on any atom is -0.317 e. The molecule has 0 aliphatic carbocycles. The van der Waals surface area contributed by atoms with Gasteiger partial charge < -0.3 is 4.98 Å². The summed E-state index contributed by atoms with van der Waals surface area (Å²) in [5.74, 6) is 0. The largest absolute Gasteiger partial charge is 0.317 e. The molecule has 0 fully saturated rings. The molecule has 1 aromatic heterocycles. The summed E-state index contributed by atoms with van der Waals surface area (Å²) < 4.78 is 0. The minimum absolute atomic E-state index is 0.0342. The molecular formula is C12H11NOS. The number of aromatic nitrogens is 1. The topological polar surface area (TPSA) is 32.9 Å². The van der Waals surface area contributed by atoms with E-state index in [1.165, 1.54) is 11.8 Å². The van der Waals surface area contributed by atoms with Crippen LogP contribution in [0.4, 0.5) is 0 Å². The smallest absolute Gasteiger partial charge is 0.256 e. The van der Waals surface area contributed by atoms with Crippen molar-refractivity contribution < 1.29 is 0 Å². The summed E-state index contributed by atoms with van der Waals surface area (Å²) in [5.41, 5.74) is 1.63. The van der Waals surface area contributed by atoms with Gasteiger partial charge in [-0.15, -0.1) is 11.8 Å². The van der Waals surface area contributed by atoms with Crippen LogP contribution < -0.4 is 5.56 Å². The molecule has 1 N–H and O–H groups in total. The predicted octanol–water partition coefficient (Wildman–Crippen LogP) is 2.76. The Morgan fingerprint density at radius 1 is 1.07 bits per heavy atom. The van der Waals surface area contributed by atoms with E-state index in [2.05, 4.69) is 4.98 Å². The average Bonchev–Trinajstić information content (AvgIpc) is 2.30. The number of hydrogen-bond donors (Lipinski definition) is 1. The number of thioether (sulfide) groups is 1. The Labute approximate surface area is 92.4 Å². The molecule has 1 aromatic carbocycles. The van der Waals surface area contributed by atoms with Gasteiger partial charge >= 0.3 is 0 Å². The number of nitrogens with one attached hydrogen (secondary N) is 1. The van der Waals surface area contributed by atoms with Crippen molar-refractivity contribution in [3.8, 4) is 11.1 Å². The zero-order valence-electron chi connectivity index (χ0n) is 8.36. The predicted molar refractivity (Wildman–Crippen MR) is 64.3 cm³/mol. The fraction of sp³-hybridized carbons (Fsp3) is 0.0833. The van der Waals surface area contributed by atoms with Gasteiger partial charge in [-0.3, -0.25) is 4.79 Å². The first-order valence-electron chi connectivity index (χ1n) is 4.64. The van der Waals surface area contributed by atoms with E-state index in [0.29, 0.717) is 5.56 Å². The second-order valence-corrected chi connectivity index (χ2v) is 3.98. The van der Waals surface area contributed by atoms with Gasteiger partial charge in [-0.05, 0) is 24.0 Å². The number of pyridine rings is 1. The van der Waals surface area contributed by atoms with Crippen LogP contribution in [0, 0.1) is 0 Å². The summed E-state index contributed by atoms with van der Waals surface area (Å²) in [7, 11) is 0.